The molecule has 2 amide bonds. The van der Waals surface area contributed by atoms with Gasteiger partial charge in [-0.2, -0.15) is 0 Å². The number of amides is 2. The summed E-state index contributed by atoms with van der Waals surface area (Å²) in [5.74, 6) is 0.763. The van der Waals surface area contributed by atoms with Crippen molar-refractivity contribution < 1.29 is 14.3 Å². The van der Waals surface area contributed by atoms with E-state index in [9.17, 15) is 9.59 Å². The van der Waals surface area contributed by atoms with Crippen LogP contribution in [0.15, 0.2) is 36.5 Å². The zero-order valence-corrected chi connectivity index (χ0v) is 17.9. The number of aromatic nitrogens is 1. The first-order valence-electron chi connectivity index (χ1n) is 8.99. The molecular weight excluding hydrogens is 415 g/mol. The molecule has 0 aliphatic heterocycles. The highest BCUT2D eigenvalue weighted by Crippen LogP contribution is 2.30. The molecule has 1 aromatic carbocycles. The van der Waals surface area contributed by atoms with Gasteiger partial charge in [-0.15, -0.1) is 24.8 Å². The summed E-state index contributed by atoms with van der Waals surface area (Å²) in [6, 6.07) is 8.87. The van der Waals surface area contributed by atoms with Gasteiger partial charge in [0.1, 0.15) is 17.2 Å². The van der Waals surface area contributed by atoms with Crippen molar-refractivity contribution in [2.75, 3.05) is 12.4 Å². The third-order valence-electron chi connectivity index (χ3n) is 4.72. The van der Waals surface area contributed by atoms with E-state index in [0.29, 0.717) is 17.2 Å². The molecule has 1 aromatic heterocycles. The fourth-order valence-electron chi connectivity index (χ4n) is 3.14. The molecule has 0 bridgehead atoms. The minimum absolute atomic E-state index is 0. The molecule has 2 aromatic rings. The first-order chi connectivity index (χ1) is 13.0. The van der Waals surface area contributed by atoms with Crippen LogP contribution >= 0.6 is 24.8 Å². The zero-order chi connectivity index (χ0) is 19.4. The molecule has 1 saturated carbocycles. The van der Waals surface area contributed by atoms with Crippen molar-refractivity contribution in [3.63, 3.8) is 0 Å². The van der Waals surface area contributed by atoms with Crippen LogP contribution < -0.4 is 21.1 Å². The van der Waals surface area contributed by atoms with Gasteiger partial charge in [0.25, 0.3) is 5.91 Å². The van der Waals surface area contributed by atoms with E-state index in [0.717, 1.165) is 24.8 Å². The number of pyridine rings is 1. The molecule has 29 heavy (non-hydrogen) atoms. The van der Waals surface area contributed by atoms with Crippen LogP contribution in [0.25, 0.3) is 0 Å². The number of hydrogen-bond acceptors (Lipinski definition) is 5. The largest absolute Gasteiger partial charge is 0.457 e. The van der Waals surface area contributed by atoms with E-state index >= 15 is 0 Å². The predicted octanol–water partition coefficient (Wildman–Crippen LogP) is 3.45. The van der Waals surface area contributed by atoms with Crippen molar-refractivity contribution in [2.24, 2.45) is 11.7 Å². The third-order valence-corrected chi connectivity index (χ3v) is 4.72. The van der Waals surface area contributed by atoms with E-state index in [4.69, 9.17) is 10.5 Å². The van der Waals surface area contributed by atoms with Crippen LogP contribution in [0.4, 0.5) is 5.69 Å². The Morgan fingerprint density at radius 1 is 1.17 bits per heavy atom. The molecule has 1 aliphatic rings. The molecule has 4 N–H and O–H groups in total. The summed E-state index contributed by atoms with van der Waals surface area (Å²) in [7, 11) is 1.55. The predicted molar refractivity (Wildman–Crippen MR) is 117 cm³/mol. The summed E-state index contributed by atoms with van der Waals surface area (Å²) in [5.41, 5.74) is 7.75. The molecule has 3 rings (SSSR count). The second kappa shape index (κ2) is 11.0. The van der Waals surface area contributed by atoms with E-state index in [2.05, 4.69) is 15.6 Å². The Hall–Kier alpha value is -2.35. The van der Waals surface area contributed by atoms with Crippen LogP contribution in [0.2, 0.25) is 0 Å². The van der Waals surface area contributed by atoms with Crippen molar-refractivity contribution in [3.8, 4) is 11.5 Å². The van der Waals surface area contributed by atoms with E-state index < -0.39 is 0 Å². The van der Waals surface area contributed by atoms with Crippen molar-refractivity contribution in [3.05, 3.63) is 47.8 Å². The number of benzene rings is 1. The lowest BCUT2D eigenvalue weighted by molar-refractivity contribution is -0.119. The number of carbonyl (C=O) groups excluding carboxylic acids is 2. The Labute approximate surface area is 182 Å². The number of anilines is 1. The molecular formula is C20H26Cl2N4O3. The van der Waals surface area contributed by atoms with E-state index in [1.54, 1.807) is 25.2 Å². The molecule has 7 nitrogen and oxygen atoms in total. The molecule has 0 radical (unpaired) electrons. The van der Waals surface area contributed by atoms with Gasteiger partial charge in [-0.05, 0) is 43.9 Å². The van der Waals surface area contributed by atoms with Gasteiger partial charge in [0.05, 0.1) is 0 Å². The van der Waals surface area contributed by atoms with Crippen LogP contribution in [-0.4, -0.2) is 29.9 Å². The minimum atomic E-state index is -0.284. The van der Waals surface area contributed by atoms with Crippen LogP contribution in [0, 0.1) is 12.8 Å². The number of rotatable bonds is 5. The molecule has 2 unspecified atom stereocenters. The second-order valence-corrected chi connectivity index (χ2v) is 6.80. The monoisotopic (exact) mass is 440 g/mol. The van der Waals surface area contributed by atoms with Crippen LogP contribution in [-0.2, 0) is 4.79 Å². The van der Waals surface area contributed by atoms with Gasteiger partial charge in [0.15, 0.2) is 0 Å². The van der Waals surface area contributed by atoms with E-state index in [-0.39, 0.29) is 54.3 Å². The Bertz CT molecular complexity index is 863. The standard InChI is InChI=1S/C20H24N4O3.2ClH/c1-12-3-6-15(24-19(25)13-4-5-14(21)9-13)10-18(12)27-16-7-8-23-17(11-16)20(26)22-2;;/h3,6-8,10-11,13-14H,4-5,9,21H2,1-2H3,(H,22,26)(H,24,25);2*1H. The summed E-state index contributed by atoms with van der Waals surface area (Å²) in [4.78, 5) is 28.2. The molecule has 0 saturated heterocycles. The Balaban J connectivity index is 0.00000210. The number of carbonyl (C=O) groups is 2. The fourth-order valence-corrected chi connectivity index (χ4v) is 3.14. The van der Waals surface area contributed by atoms with Gasteiger partial charge in [0, 0.05) is 43.0 Å². The fraction of sp³-hybridized carbons (Fsp3) is 0.350. The Morgan fingerprint density at radius 2 is 1.93 bits per heavy atom. The summed E-state index contributed by atoms with van der Waals surface area (Å²) in [6.07, 6.45) is 3.95. The maximum Gasteiger partial charge on any atom is 0.269 e. The number of nitrogens with two attached hydrogens (primary N) is 1. The van der Waals surface area contributed by atoms with Crippen molar-refractivity contribution in [1.82, 2.24) is 10.3 Å². The van der Waals surface area contributed by atoms with Crippen LogP contribution in [0.1, 0.15) is 35.3 Å². The average molecular weight is 441 g/mol. The quantitative estimate of drug-likeness (QED) is 0.659. The summed E-state index contributed by atoms with van der Waals surface area (Å²) < 4.78 is 5.92. The number of hydrogen-bond donors (Lipinski definition) is 3. The lowest BCUT2D eigenvalue weighted by Gasteiger charge is -2.14. The van der Waals surface area contributed by atoms with E-state index in [1.807, 2.05) is 19.1 Å². The summed E-state index contributed by atoms with van der Waals surface area (Å²) in [6.45, 7) is 1.91. The Morgan fingerprint density at radius 3 is 2.59 bits per heavy atom. The van der Waals surface area contributed by atoms with Gasteiger partial charge in [-0.1, -0.05) is 6.07 Å². The number of aryl methyl sites for hydroxylation is 1. The number of ether oxygens (including phenoxy) is 1. The van der Waals surface area contributed by atoms with Crippen LogP contribution in [0.5, 0.6) is 11.5 Å². The molecule has 9 heteroatoms. The molecule has 1 aliphatic carbocycles. The smallest absolute Gasteiger partial charge is 0.269 e. The average Bonchev–Trinajstić information content (AvgIpc) is 3.10. The van der Waals surface area contributed by atoms with E-state index in [1.165, 1.54) is 6.20 Å². The zero-order valence-electron chi connectivity index (χ0n) is 16.3. The van der Waals surface area contributed by atoms with Crippen molar-refractivity contribution in [1.29, 1.82) is 0 Å². The topological polar surface area (TPSA) is 106 Å². The molecule has 158 valence electrons. The SMILES string of the molecule is CNC(=O)c1cc(Oc2cc(NC(=O)C3CCC(N)C3)ccc2C)ccn1.Cl.Cl. The van der Waals surface area contributed by atoms with Crippen molar-refractivity contribution >= 4 is 42.3 Å². The maximum atomic E-state index is 12.4. The highest BCUT2D eigenvalue weighted by Gasteiger charge is 2.27. The van der Waals surface area contributed by atoms with Gasteiger partial charge in [-0.3, -0.25) is 14.6 Å². The lowest BCUT2D eigenvalue weighted by Crippen LogP contribution is -2.23. The van der Waals surface area contributed by atoms with Gasteiger partial charge in [-0.25, -0.2) is 0 Å². The third kappa shape index (κ3) is 6.32. The van der Waals surface area contributed by atoms with Crippen LogP contribution in [0.3, 0.4) is 0 Å². The van der Waals surface area contributed by atoms with Crippen molar-refractivity contribution in [2.45, 2.75) is 32.2 Å². The Kier molecular flexibility index (Phi) is 9.36. The number of nitrogens with one attached hydrogen (secondary N) is 2. The summed E-state index contributed by atoms with van der Waals surface area (Å²) in [5, 5.41) is 5.48. The summed E-state index contributed by atoms with van der Waals surface area (Å²) >= 11 is 0. The lowest BCUT2D eigenvalue weighted by atomic mass is 10.1. The molecule has 1 fully saturated rings. The van der Waals surface area contributed by atoms with Gasteiger partial charge < -0.3 is 21.1 Å². The highest BCUT2D eigenvalue weighted by atomic mass is 35.5. The molecule has 0 spiro atoms. The number of halogens is 2. The minimum Gasteiger partial charge on any atom is -0.457 e. The first kappa shape index (κ1) is 24.7. The molecule has 1 heterocycles. The normalized spacial score (nSPS) is 17.5. The second-order valence-electron chi connectivity index (χ2n) is 6.80. The highest BCUT2D eigenvalue weighted by molar-refractivity contribution is 5.93. The maximum absolute atomic E-state index is 12.4. The number of nitrogens with zero attached hydrogens (tertiary/aromatic N) is 1. The first-order valence-corrected chi connectivity index (χ1v) is 8.99. The van der Waals surface area contributed by atoms with Gasteiger partial charge in [0.2, 0.25) is 5.91 Å². The molecule has 2 atom stereocenters. The van der Waals surface area contributed by atoms with Gasteiger partial charge >= 0.3 is 0 Å².